The van der Waals surface area contributed by atoms with Crippen molar-refractivity contribution in [3.63, 3.8) is 0 Å². The van der Waals surface area contributed by atoms with Crippen LogP contribution in [0.5, 0.6) is 5.75 Å². The van der Waals surface area contributed by atoms with Gasteiger partial charge in [-0.2, -0.15) is 0 Å². The van der Waals surface area contributed by atoms with Crippen LogP contribution in [0.25, 0.3) is 0 Å². The van der Waals surface area contributed by atoms with Gasteiger partial charge in [0.15, 0.2) is 0 Å². The fraction of sp³-hybridized carbons (Fsp3) is 0.611. The minimum absolute atomic E-state index is 0. The Bertz CT molecular complexity index is 524. The van der Waals surface area contributed by atoms with E-state index >= 15 is 0 Å². The average molecular weight is 339 g/mol. The standard InChI is InChI=1S/C18H26N2O2.ClH/c1-22-16-8-3-2-5-14(16)11-20-18(21)15-9-12-6-4-7-13(10-15)17(12)19;/h2-3,5,8,12-13,15,17H,4,6-7,9-11,19H2,1H3,(H,20,21);1H. The lowest BCUT2D eigenvalue weighted by Crippen LogP contribution is -2.49. The summed E-state index contributed by atoms with van der Waals surface area (Å²) >= 11 is 0. The maximum atomic E-state index is 12.5. The molecule has 5 heteroatoms. The first kappa shape index (κ1) is 18.1. The molecule has 2 aliphatic carbocycles. The number of carbonyl (C=O) groups excluding carboxylic acids is 1. The van der Waals surface area contributed by atoms with E-state index in [0.717, 1.165) is 24.2 Å². The molecule has 0 spiro atoms. The molecule has 1 aromatic carbocycles. The Balaban J connectivity index is 0.00000192. The SMILES string of the molecule is COc1ccccc1CNC(=O)C1CC2CCCC(C1)C2N.Cl. The number of fused-ring (bicyclic) bond motifs is 2. The van der Waals surface area contributed by atoms with Crippen LogP contribution >= 0.6 is 12.4 Å². The Morgan fingerprint density at radius 3 is 2.57 bits per heavy atom. The first-order valence-electron chi connectivity index (χ1n) is 8.34. The Kier molecular flexibility index (Phi) is 6.31. The van der Waals surface area contributed by atoms with Gasteiger partial charge in [0.25, 0.3) is 0 Å². The number of ether oxygens (including phenoxy) is 1. The summed E-state index contributed by atoms with van der Waals surface area (Å²) in [6.45, 7) is 0.529. The molecule has 0 aromatic heterocycles. The molecule has 0 heterocycles. The highest BCUT2D eigenvalue weighted by atomic mass is 35.5. The third kappa shape index (κ3) is 3.99. The number of para-hydroxylation sites is 1. The van der Waals surface area contributed by atoms with E-state index in [4.69, 9.17) is 10.5 Å². The number of benzene rings is 1. The lowest BCUT2D eigenvalue weighted by atomic mass is 9.65. The lowest BCUT2D eigenvalue weighted by molar-refractivity contribution is -0.128. The number of amides is 1. The van der Waals surface area contributed by atoms with Crippen molar-refractivity contribution in [2.75, 3.05) is 7.11 Å². The molecule has 4 nitrogen and oxygen atoms in total. The zero-order valence-corrected chi connectivity index (χ0v) is 14.5. The van der Waals surface area contributed by atoms with Gasteiger partial charge >= 0.3 is 0 Å². The molecule has 2 bridgehead atoms. The molecule has 0 radical (unpaired) electrons. The zero-order valence-electron chi connectivity index (χ0n) is 13.7. The van der Waals surface area contributed by atoms with Crippen LogP contribution in [-0.4, -0.2) is 19.1 Å². The average Bonchev–Trinajstić information content (AvgIpc) is 2.52. The highest BCUT2D eigenvalue weighted by Crippen LogP contribution is 2.41. The third-order valence-corrected chi connectivity index (χ3v) is 5.43. The van der Waals surface area contributed by atoms with Crippen molar-refractivity contribution in [1.82, 2.24) is 5.32 Å². The largest absolute Gasteiger partial charge is 0.496 e. The number of halogens is 1. The summed E-state index contributed by atoms with van der Waals surface area (Å²) in [5.41, 5.74) is 7.32. The fourth-order valence-corrected chi connectivity index (χ4v) is 4.18. The van der Waals surface area contributed by atoms with Crippen molar-refractivity contribution in [3.05, 3.63) is 29.8 Å². The number of nitrogens with one attached hydrogen (secondary N) is 1. The van der Waals surface area contributed by atoms with Crippen molar-refractivity contribution in [2.24, 2.45) is 23.5 Å². The van der Waals surface area contributed by atoms with E-state index in [1.165, 1.54) is 19.3 Å². The quantitative estimate of drug-likeness (QED) is 0.887. The molecular formula is C18H27ClN2O2. The van der Waals surface area contributed by atoms with Crippen LogP contribution < -0.4 is 15.8 Å². The number of carbonyl (C=O) groups is 1. The Hall–Kier alpha value is -1.26. The number of hydrogen-bond donors (Lipinski definition) is 2. The van der Waals surface area contributed by atoms with Gasteiger partial charge in [0.2, 0.25) is 5.91 Å². The maximum absolute atomic E-state index is 12.5. The Labute approximate surface area is 144 Å². The summed E-state index contributed by atoms with van der Waals surface area (Å²) in [4.78, 5) is 12.5. The maximum Gasteiger partial charge on any atom is 0.223 e. The van der Waals surface area contributed by atoms with Crippen LogP contribution in [0.3, 0.4) is 0 Å². The molecule has 1 aromatic rings. The highest BCUT2D eigenvalue weighted by Gasteiger charge is 2.40. The topological polar surface area (TPSA) is 64.3 Å². The van der Waals surface area contributed by atoms with Crippen molar-refractivity contribution >= 4 is 18.3 Å². The monoisotopic (exact) mass is 338 g/mol. The predicted octanol–water partition coefficient (Wildman–Crippen LogP) is 2.89. The number of nitrogens with two attached hydrogens (primary N) is 1. The fourth-order valence-electron chi connectivity index (χ4n) is 4.18. The van der Waals surface area contributed by atoms with Gasteiger partial charge in [-0.25, -0.2) is 0 Å². The van der Waals surface area contributed by atoms with E-state index in [1.54, 1.807) is 7.11 Å². The zero-order chi connectivity index (χ0) is 15.5. The van der Waals surface area contributed by atoms with E-state index < -0.39 is 0 Å². The number of rotatable bonds is 4. The van der Waals surface area contributed by atoms with E-state index in [1.807, 2.05) is 24.3 Å². The van der Waals surface area contributed by atoms with Crippen LogP contribution in [0.4, 0.5) is 0 Å². The minimum atomic E-state index is 0. The van der Waals surface area contributed by atoms with E-state index in [9.17, 15) is 4.79 Å². The molecule has 2 saturated carbocycles. The van der Waals surface area contributed by atoms with Gasteiger partial charge < -0.3 is 15.8 Å². The molecule has 0 saturated heterocycles. The van der Waals surface area contributed by atoms with Gasteiger partial charge in [-0.1, -0.05) is 24.6 Å². The van der Waals surface area contributed by atoms with Gasteiger partial charge in [-0.05, 0) is 43.6 Å². The summed E-state index contributed by atoms with van der Waals surface area (Å²) in [7, 11) is 1.66. The van der Waals surface area contributed by atoms with Gasteiger partial charge in [-0.3, -0.25) is 4.79 Å². The third-order valence-electron chi connectivity index (χ3n) is 5.43. The second-order valence-electron chi connectivity index (χ2n) is 6.73. The molecule has 1 amide bonds. The number of hydrogen-bond acceptors (Lipinski definition) is 3. The Morgan fingerprint density at radius 2 is 1.91 bits per heavy atom. The van der Waals surface area contributed by atoms with Crippen molar-refractivity contribution in [3.8, 4) is 5.75 Å². The van der Waals surface area contributed by atoms with Crippen molar-refractivity contribution in [2.45, 2.75) is 44.7 Å². The van der Waals surface area contributed by atoms with Crippen molar-refractivity contribution in [1.29, 1.82) is 0 Å². The smallest absolute Gasteiger partial charge is 0.223 e. The summed E-state index contributed by atoms with van der Waals surface area (Å²) in [5, 5.41) is 3.09. The minimum Gasteiger partial charge on any atom is -0.496 e. The molecular weight excluding hydrogens is 312 g/mol. The summed E-state index contributed by atoms with van der Waals surface area (Å²) in [5.74, 6) is 2.20. The molecule has 23 heavy (non-hydrogen) atoms. The lowest BCUT2D eigenvalue weighted by Gasteiger charge is -2.43. The van der Waals surface area contributed by atoms with Crippen LogP contribution in [0.1, 0.15) is 37.7 Å². The van der Waals surface area contributed by atoms with Gasteiger partial charge in [0, 0.05) is 24.1 Å². The Morgan fingerprint density at radius 1 is 1.26 bits per heavy atom. The van der Waals surface area contributed by atoms with E-state index in [0.29, 0.717) is 24.4 Å². The van der Waals surface area contributed by atoms with Gasteiger partial charge in [-0.15, -0.1) is 12.4 Å². The first-order chi connectivity index (χ1) is 10.7. The summed E-state index contributed by atoms with van der Waals surface area (Å²) in [6.07, 6.45) is 5.56. The van der Waals surface area contributed by atoms with E-state index in [-0.39, 0.29) is 24.2 Å². The molecule has 128 valence electrons. The summed E-state index contributed by atoms with van der Waals surface area (Å²) in [6, 6.07) is 8.13. The molecule has 3 rings (SSSR count). The van der Waals surface area contributed by atoms with Crippen LogP contribution in [0.15, 0.2) is 24.3 Å². The normalized spacial score (nSPS) is 29.3. The highest BCUT2D eigenvalue weighted by molar-refractivity contribution is 5.85. The van der Waals surface area contributed by atoms with E-state index in [2.05, 4.69) is 5.32 Å². The van der Waals surface area contributed by atoms with Crippen LogP contribution in [-0.2, 0) is 11.3 Å². The van der Waals surface area contributed by atoms with Gasteiger partial charge in [0.05, 0.1) is 7.11 Å². The predicted molar refractivity (Wildman–Crippen MR) is 93.6 cm³/mol. The second-order valence-corrected chi connectivity index (χ2v) is 6.73. The first-order valence-corrected chi connectivity index (χ1v) is 8.34. The molecule has 2 fully saturated rings. The molecule has 2 aliphatic rings. The molecule has 2 atom stereocenters. The van der Waals surface area contributed by atoms with Crippen molar-refractivity contribution < 1.29 is 9.53 Å². The van der Waals surface area contributed by atoms with Crippen LogP contribution in [0, 0.1) is 17.8 Å². The van der Waals surface area contributed by atoms with Gasteiger partial charge in [0.1, 0.15) is 5.75 Å². The second kappa shape index (κ2) is 8.02. The summed E-state index contributed by atoms with van der Waals surface area (Å²) < 4.78 is 5.33. The molecule has 0 aliphatic heterocycles. The molecule has 2 unspecified atom stereocenters. The molecule has 3 N–H and O–H groups in total. The van der Waals surface area contributed by atoms with Crippen LogP contribution in [0.2, 0.25) is 0 Å². The number of methoxy groups -OCH3 is 1.